The fraction of sp³-hybridized carbons (Fsp3) is 0.364. The summed E-state index contributed by atoms with van der Waals surface area (Å²) in [6.07, 6.45) is 0.100. The molecule has 0 aliphatic carbocycles. The van der Waals surface area contributed by atoms with Crippen LogP contribution in [0.3, 0.4) is 0 Å². The van der Waals surface area contributed by atoms with Crippen molar-refractivity contribution >= 4 is 0 Å². The predicted molar refractivity (Wildman–Crippen MR) is 52.6 cm³/mol. The van der Waals surface area contributed by atoms with Crippen LogP contribution in [0.1, 0.15) is 22.8 Å². The molecule has 1 N–H and O–H groups in total. The summed E-state index contributed by atoms with van der Waals surface area (Å²) in [5, 5.41) is 12.0. The van der Waals surface area contributed by atoms with Crippen molar-refractivity contribution in [1.29, 1.82) is 5.26 Å². The Morgan fingerprint density at radius 1 is 1.64 bits per heavy atom. The van der Waals surface area contributed by atoms with Crippen molar-refractivity contribution < 1.29 is 4.74 Å². The van der Waals surface area contributed by atoms with Gasteiger partial charge in [0.05, 0.1) is 24.3 Å². The molecule has 1 aliphatic rings. The average molecular weight is 188 g/mol. The van der Waals surface area contributed by atoms with Gasteiger partial charge in [0.25, 0.3) is 0 Å². The lowest BCUT2D eigenvalue weighted by Crippen LogP contribution is -2.16. The highest BCUT2D eigenvalue weighted by Gasteiger charge is 2.24. The van der Waals surface area contributed by atoms with Gasteiger partial charge in [0.1, 0.15) is 0 Å². The van der Waals surface area contributed by atoms with Crippen molar-refractivity contribution in [2.24, 2.45) is 0 Å². The molecule has 0 amide bonds. The molecule has 0 unspecified atom stereocenters. The number of hydrogen-bond donors (Lipinski definition) is 1. The SMILES string of the molecule is CNC[C@H]1OCc2c(C#N)cccc21. The van der Waals surface area contributed by atoms with Crippen LogP contribution in [0.4, 0.5) is 0 Å². The predicted octanol–water partition coefficient (Wildman–Crippen LogP) is 1.35. The standard InChI is InChI=1S/C11H12N2O/c1-13-6-11-9-4-2-3-8(5-12)10(9)7-14-11/h2-4,11,13H,6-7H2,1H3/t11-/m1/s1. The van der Waals surface area contributed by atoms with Gasteiger partial charge in [0.2, 0.25) is 0 Å². The van der Waals surface area contributed by atoms with Gasteiger partial charge in [0, 0.05) is 12.1 Å². The van der Waals surface area contributed by atoms with Gasteiger partial charge in [-0.1, -0.05) is 12.1 Å². The van der Waals surface area contributed by atoms with Gasteiger partial charge < -0.3 is 10.1 Å². The van der Waals surface area contributed by atoms with Crippen molar-refractivity contribution in [3.05, 3.63) is 34.9 Å². The lowest BCUT2D eigenvalue weighted by molar-refractivity contribution is 0.0674. The van der Waals surface area contributed by atoms with Crippen LogP contribution in [-0.4, -0.2) is 13.6 Å². The zero-order valence-corrected chi connectivity index (χ0v) is 8.08. The number of nitrogens with one attached hydrogen (secondary N) is 1. The third-order valence-electron chi connectivity index (χ3n) is 2.50. The van der Waals surface area contributed by atoms with E-state index in [9.17, 15) is 0 Å². The molecule has 14 heavy (non-hydrogen) atoms. The molecule has 3 nitrogen and oxygen atoms in total. The molecule has 0 saturated heterocycles. The maximum atomic E-state index is 8.90. The molecule has 0 fully saturated rings. The Morgan fingerprint density at radius 2 is 2.50 bits per heavy atom. The molecule has 1 heterocycles. The van der Waals surface area contributed by atoms with E-state index in [1.165, 1.54) is 0 Å². The molecule has 0 radical (unpaired) electrons. The van der Waals surface area contributed by atoms with Gasteiger partial charge in [-0.2, -0.15) is 5.26 Å². The van der Waals surface area contributed by atoms with Crippen LogP contribution in [0.2, 0.25) is 0 Å². The molecule has 1 aromatic carbocycles. The highest BCUT2D eigenvalue weighted by molar-refractivity contribution is 5.45. The van der Waals surface area contributed by atoms with E-state index >= 15 is 0 Å². The molecule has 0 aromatic heterocycles. The normalized spacial score (nSPS) is 19.0. The number of hydrogen-bond acceptors (Lipinski definition) is 3. The Morgan fingerprint density at radius 3 is 3.21 bits per heavy atom. The Bertz CT molecular complexity index is 381. The van der Waals surface area contributed by atoms with Gasteiger partial charge >= 0.3 is 0 Å². The number of nitrogens with zero attached hydrogens (tertiary/aromatic N) is 1. The third-order valence-corrected chi connectivity index (χ3v) is 2.50. The summed E-state index contributed by atoms with van der Waals surface area (Å²) >= 11 is 0. The van der Waals surface area contributed by atoms with E-state index in [1.54, 1.807) is 0 Å². The largest absolute Gasteiger partial charge is 0.367 e. The van der Waals surface area contributed by atoms with E-state index in [1.807, 2.05) is 25.2 Å². The Balaban J connectivity index is 2.38. The van der Waals surface area contributed by atoms with Crippen LogP contribution in [0.15, 0.2) is 18.2 Å². The Hall–Kier alpha value is -1.37. The highest BCUT2D eigenvalue weighted by atomic mass is 16.5. The highest BCUT2D eigenvalue weighted by Crippen LogP contribution is 2.31. The first-order valence-electron chi connectivity index (χ1n) is 4.65. The quantitative estimate of drug-likeness (QED) is 0.762. The maximum absolute atomic E-state index is 8.90. The summed E-state index contributed by atoms with van der Waals surface area (Å²) in [4.78, 5) is 0. The van der Waals surface area contributed by atoms with E-state index in [2.05, 4.69) is 11.4 Å². The Labute approximate surface area is 83.3 Å². The number of rotatable bonds is 2. The Kier molecular flexibility index (Phi) is 2.49. The minimum atomic E-state index is 0.100. The van der Waals surface area contributed by atoms with Crippen LogP contribution in [0.5, 0.6) is 0 Å². The second kappa shape index (κ2) is 3.79. The number of nitriles is 1. The zero-order valence-electron chi connectivity index (χ0n) is 8.08. The van der Waals surface area contributed by atoms with Gasteiger partial charge in [-0.15, -0.1) is 0 Å². The van der Waals surface area contributed by atoms with Gasteiger partial charge in [-0.05, 0) is 18.7 Å². The summed E-state index contributed by atoms with van der Waals surface area (Å²) in [6, 6.07) is 7.97. The second-order valence-electron chi connectivity index (χ2n) is 3.34. The molecule has 1 atom stereocenters. The molecule has 2 rings (SSSR count). The fourth-order valence-corrected chi connectivity index (χ4v) is 1.80. The number of benzene rings is 1. The topological polar surface area (TPSA) is 45.0 Å². The minimum absolute atomic E-state index is 0.100. The molecule has 3 heteroatoms. The number of likely N-dealkylation sites (N-methyl/N-ethyl adjacent to an activating group) is 1. The smallest absolute Gasteiger partial charge is 0.0995 e. The molecular formula is C11H12N2O. The molecule has 0 bridgehead atoms. The molecule has 1 aromatic rings. The van der Waals surface area contributed by atoms with Crippen molar-refractivity contribution in [3.8, 4) is 6.07 Å². The fourth-order valence-electron chi connectivity index (χ4n) is 1.80. The van der Waals surface area contributed by atoms with Gasteiger partial charge in [-0.3, -0.25) is 0 Å². The molecule has 72 valence electrons. The summed E-state index contributed by atoms with van der Waals surface area (Å²) in [6.45, 7) is 1.35. The second-order valence-corrected chi connectivity index (χ2v) is 3.34. The van der Waals surface area contributed by atoms with Crippen LogP contribution in [0.25, 0.3) is 0 Å². The van der Waals surface area contributed by atoms with Crippen molar-refractivity contribution in [2.45, 2.75) is 12.7 Å². The van der Waals surface area contributed by atoms with E-state index in [4.69, 9.17) is 10.00 Å². The third kappa shape index (κ3) is 1.39. The number of fused-ring (bicyclic) bond motifs is 1. The van der Waals surface area contributed by atoms with Crippen molar-refractivity contribution in [3.63, 3.8) is 0 Å². The zero-order chi connectivity index (χ0) is 9.97. The van der Waals surface area contributed by atoms with Crippen molar-refractivity contribution in [2.75, 3.05) is 13.6 Å². The van der Waals surface area contributed by atoms with Crippen molar-refractivity contribution in [1.82, 2.24) is 5.32 Å². The van der Waals surface area contributed by atoms with E-state index in [0.717, 1.165) is 23.2 Å². The monoisotopic (exact) mass is 188 g/mol. The summed E-state index contributed by atoms with van der Waals surface area (Å²) in [7, 11) is 1.90. The first-order chi connectivity index (χ1) is 6.86. The van der Waals surface area contributed by atoms with E-state index in [-0.39, 0.29) is 6.10 Å². The molecule has 1 aliphatic heterocycles. The lowest BCUT2D eigenvalue weighted by atomic mass is 10.0. The first-order valence-corrected chi connectivity index (χ1v) is 4.65. The lowest BCUT2D eigenvalue weighted by Gasteiger charge is -2.09. The van der Waals surface area contributed by atoms with E-state index in [0.29, 0.717) is 6.61 Å². The van der Waals surface area contributed by atoms with E-state index < -0.39 is 0 Å². The molecular weight excluding hydrogens is 176 g/mol. The average Bonchev–Trinajstić information content (AvgIpc) is 2.62. The first kappa shape index (κ1) is 9.20. The summed E-state index contributed by atoms with van der Waals surface area (Å²) in [5.74, 6) is 0. The maximum Gasteiger partial charge on any atom is 0.0995 e. The van der Waals surface area contributed by atoms with Gasteiger partial charge in [0.15, 0.2) is 0 Å². The molecule has 0 spiro atoms. The number of ether oxygens (including phenoxy) is 1. The van der Waals surface area contributed by atoms with Gasteiger partial charge in [-0.25, -0.2) is 0 Å². The van der Waals surface area contributed by atoms with Crippen LogP contribution in [-0.2, 0) is 11.3 Å². The summed E-state index contributed by atoms with van der Waals surface area (Å²) < 4.78 is 5.59. The van der Waals surface area contributed by atoms with Crippen LogP contribution < -0.4 is 5.32 Å². The van der Waals surface area contributed by atoms with Crippen LogP contribution >= 0.6 is 0 Å². The minimum Gasteiger partial charge on any atom is -0.367 e. The van der Waals surface area contributed by atoms with Crippen LogP contribution in [0, 0.1) is 11.3 Å². The summed E-state index contributed by atoms with van der Waals surface area (Å²) in [5.41, 5.74) is 2.94. The molecule has 0 saturated carbocycles.